The summed E-state index contributed by atoms with van der Waals surface area (Å²) >= 11 is 0. The van der Waals surface area contributed by atoms with Gasteiger partial charge in [0, 0.05) is 0 Å². The third kappa shape index (κ3) is 1.63. The summed E-state index contributed by atoms with van der Waals surface area (Å²) in [5.41, 5.74) is 6.97. The molecule has 2 aromatic rings. The van der Waals surface area contributed by atoms with Gasteiger partial charge in [0.2, 0.25) is 0 Å². The maximum atomic E-state index is 9.04. The molecule has 0 spiro atoms. The SMILES string of the molecule is Nc1ncnc2c1ncn2C1CC[C@H](CO)O1. The van der Waals surface area contributed by atoms with E-state index >= 15 is 0 Å². The maximum Gasteiger partial charge on any atom is 0.167 e. The number of nitrogens with two attached hydrogens (primary N) is 1. The summed E-state index contributed by atoms with van der Waals surface area (Å²) < 4.78 is 7.51. The fourth-order valence-electron chi connectivity index (χ4n) is 2.11. The molecule has 0 radical (unpaired) electrons. The van der Waals surface area contributed by atoms with Crippen LogP contribution in [0.4, 0.5) is 5.82 Å². The summed E-state index contributed by atoms with van der Waals surface area (Å²) in [5.74, 6) is 0.366. The van der Waals surface area contributed by atoms with Gasteiger partial charge in [-0.1, -0.05) is 0 Å². The van der Waals surface area contributed by atoms with Gasteiger partial charge < -0.3 is 15.6 Å². The van der Waals surface area contributed by atoms with Crippen LogP contribution < -0.4 is 5.73 Å². The van der Waals surface area contributed by atoms with E-state index in [2.05, 4.69) is 15.0 Å². The van der Waals surface area contributed by atoms with Crippen molar-refractivity contribution in [3.63, 3.8) is 0 Å². The molecule has 3 rings (SSSR count). The minimum Gasteiger partial charge on any atom is -0.394 e. The van der Waals surface area contributed by atoms with E-state index in [1.165, 1.54) is 6.33 Å². The van der Waals surface area contributed by atoms with Crippen molar-refractivity contribution in [2.75, 3.05) is 12.3 Å². The van der Waals surface area contributed by atoms with Crippen molar-refractivity contribution in [3.8, 4) is 0 Å². The van der Waals surface area contributed by atoms with E-state index < -0.39 is 0 Å². The fourth-order valence-corrected chi connectivity index (χ4v) is 2.11. The van der Waals surface area contributed by atoms with Crippen LogP contribution in [0.3, 0.4) is 0 Å². The zero-order chi connectivity index (χ0) is 11.8. The molecule has 0 saturated carbocycles. The lowest BCUT2D eigenvalue weighted by atomic mass is 10.2. The fraction of sp³-hybridized carbons (Fsp3) is 0.500. The van der Waals surface area contributed by atoms with Gasteiger partial charge in [0.15, 0.2) is 11.5 Å². The van der Waals surface area contributed by atoms with E-state index in [9.17, 15) is 0 Å². The highest BCUT2D eigenvalue weighted by molar-refractivity contribution is 5.81. The third-order valence-electron chi connectivity index (χ3n) is 2.99. The van der Waals surface area contributed by atoms with Crippen LogP contribution in [-0.2, 0) is 4.74 Å². The molecule has 1 aliphatic rings. The molecule has 0 aromatic carbocycles. The number of aliphatic hydroxyl groups excluding tert-OH is 1. The molecular formula is C10H13N5O2. The lowest BCUT2D eigenvalue weighted by molar-refractivity contribution is -0.0207. The molecule has 0 amide bonds. The number of aliphatic hydroxyl groups is 1. The number of hydrogen-bond donors (Lipinski definition) is 2. The molecule has 90 valence electrons. The largest absolute Gasteiger partial charge is 0.394 e. The first-order valence-electron chi connectivity index (χ1n) is 5.49. The first kappa shape index (κ1) is 10.4. The molecule has 1 fully saturated rings. The van der Waals surface area contributed by atoms with Gasteiger partial charge in [-0.15, -0.1) is 0 Å². The van der Waals surface area contributed by atoms with Crippen LogP contribution in [0.1, 0.15) is 19.1 Å². The molecule has 3 heterocycles. The molecule has 2 atom stereocenters. The Morgan fingerprint density at radius 1 is 1.41 bits per heavy atom. The summed E-state index contributed by atoms with van der Waals surface area (Å²) in [6.07, 6.45) is 4.50. The Morgan fingerprint density at radius 2 is 2.29 bits per heavy atom. The summed E-state index contributed by atoms with van der Waals surface area (Å²) in [5, 5.41) is 9.04. The zero-order valence-corrected chi connectivity index (χ0v) is 9.15. The highest BCUT2D eigenvalue weighted by Crippen LogP contribution is 2.30. The van der Waals surface area contributed by atoms with Gasteiger partial charge in [-0.25, -0.2) is 15.0 Å². The van der Waals surface area contributed by atoms with Crippen LogP contribution in [-0.4, -0.2) is 37.3 Å². The van der Waals surface area contributed by atoms with Crippen LogP contribution >= 0.6 is 0 Å². The van der Waals surface area contributed by atoms with Crippen LogP contribution in [0.15, 0.2) is 12.7 Å². The smallest absolute Gasteiger partial charge is 0.167 e. The van der Waals surface area contributed by atoms with Gasteiger partial charge >= 0.3 is 0 Å². The molecule has 0 bridgehead atoms. The standard InChI is InChI=1S/C10H13N5O2/c11-9-8-10(13-4-12-9)15(5-14-8)7-2-1-6(3-16)17-7/h4-7,16H,1-3H2,(H2,11,12,13)/t6-,7?/m1/s1. The van der Waals surface area contributed by atoms with Crippen molar-refractivity contribution in [1.82, 2.24) is 19.5 Å². The highest BCUT2D eigenvalue weighted by Gasteiger charge is 2.27. The molecule has 1 aliphatic heterocycles. The number of imidazole rings is 1. The predicted octanol–water partition coefficient (Wildman–Crippen LogP) is 0.0784. The lowest BCUT2D eigenvalue weighted by Crippen LogP contribution is -2.14. The second-order valence-corrected chi connectivity index (χ2v) is 4.06. The van der Waals surface area contributed by atoms with Crippen LogP contribution in [0, 0.1) is 0 Å². The predicted molar refractivity (Wildman–Crippen MR) is 60.0 cm³/mol. The van der Waals surface area contributed by atoms with Gasteiger partial charge in [-0.2, -0.15) is 0 Å². The first-order chi connectivity index (χ1) is 8.29. The average Bonchev–Trinajstić information content (AvgIpc) is 2.94. The number of nitrogen functional groups attached to an aromatic ring is 1. The summed E-state index contributed by atoms with van der Waals surface area (Å²) in [4.78, 5) is 12.2. The minimum absolute atomic E-state index is 0.0419. The average molecular weight is 235 g/mol. The molecule has 2 aromatic heterocycles. The van der Waals surface area contributed by atoms with E-state index in [0.717, 1.165) is 12.8 Å². The first-order valence-corrected chi connectivity index (χ1v) is 5.49. The molecule has 0 aliphatic carbocycles. The Balaban J connectivity index is 1.99. The van der Waals surface area contributed by atoms with E-state index in [4.69, 9.17) is 15.6 Å². The van der Waals surface area contributed by atoms with Gasteiger partial charge in [-0.3, -0.25) is 4.57 Å². The van der Waals surface area contributed by atoms with Crippen molar-refractivity contribution >= 4 is 17.0 Å². The van der Waals surface area contributed by atoms with Gasteiger partial charge in [0.25, 0.3) is 0 Å². The molecule has 3 N–H and O–H groups in total. The summed E-state index contributed by atoms with van der Waals surface area (Å²) in [6, 6.07) is 0. The Morgan fingerprint density at radius 3 is 3.06 bits per heavy atom. The van der Waals surface area contributed by atoms with Crippen molar-refractivity contribution in [2.24, 2.45) is 0 Å². The van der Waals surface area contributed by atoms with E-state index in [1.54, 1.807) is 6.33 Å². The lowest BCUT2D eigenvalue weighted by Gasteiger charge is -2.13. The number of hydrogen-bond acceptors (Lipinski definition) is 6. The number of rotatable bonds is 2. The van der Waals surface area contributed by atoms with Crippen molar-refractivity contribution in [1.29, 1.82) is 0 Å². The number of nitrogens with zero attached hydrogens (tertiary/aromatic N) is 4. The molecule has 7 heteroatoms. The molecular weight excluding hydrogens is 222 g/mol. The van der Waals surface area contributed by atoms with Crippen molar-refractivity contribution in [2.45, 2.75) is 25.2 Å². The molecule has 1 unspecified atom stereocenters. The van der Waals surface area contributed by atoms with Gasteiger partial charge in [0.05, 0.1) is 19.0 Å². The Hall–Kier alpha value is -1.73. The van der Waals surface area contributed by atoms with Crippen LogP contribution in [0.25, 0.3) is 11.2 Å². The van der Waals surface area contributed by atoms with Crippen LogP contribution in [0.2, 0.25) is 0 Å². The number of ether oxygens (including phenoxy) is 1. The van der Waals surface area contributed by atoms with Gasteiger partial charge in [-0.05, 0) is 12.8 Å². The normalized spacial score (nSPS) is 24.5. The van der Waals surface area contributed by atoms with Crippen LogP contribution in [0.5, 0.6) is 0 Å². The Kier molecular flexibility index (Phi) is 2.41. The second-order valence-electron chi connectivity index (χ2n) is 4.06. The summed E-state index contributed by atoms with van der Waals surface area (Å²) in [7, 11) is 0. The monoisotopic (exact) mass is 235 g/mol. The van der Waals surface area contributed by atoms with Gasteiger partial charge in [0.1, 0.15) is 18.1 Å². The quantitative estimate of drug-likeness (QED) is 0.764. The maximum absolute atomic E-state index is 9.04. The topological polar surface area (TPSA) is 99.1 Å². The minimum atomic E-state index is -0.133. The van der Waals surface area contributed by atoms with E-state index in [0.29, 0.717) is 17.0 Å². The molecule has 17 heavy (non-hydrogen) atoms. The second kappa shape index (κ2) is 3.94. The summed E-state index contributed by atoms with van der Waals surface area (Å²) in [6.45, 7) is 0.0419. The number of fused-ring (bicyclic) bond motifs is 1. The highest BCUT2D eigenvalue weighted by atomic mass is 16.5. The molecule has 7 nitrogen and oxygen atoms in total. The van der Waals surface area contributed by atoms with Crippen molar-refractivity contribution < 1.29 is 9.84 Å². The Bertz CT molecular complexity index is 540. The van der Waals surface area contributed by atoms with E-state index in [1.807, 2.05) is 4.57 Å². The molecule has 1 saturated heterocycles. The van der Waals surface area contributed by atoms with Crippen molar-refractivity contribution in [3.05, 3.63) is 12.7 Å². The third-order valence-corrected chi connectivity index (χ3v) is 2.99. The number of anilines is 1. The van der Waals surface area contributed by atoms with E-state index in [-0.39, 0.29) is 18.9 Å². The Labute approximate surface area is 97.3 Å². The number of aromatic nitrogens is 4. The zero-order valence-electron chi connectivity index (χ0n) is 9.15.